The highest BCUT2D eigenvalue weighted by Gasteiger charge is 2.32. The monoisotopic (exact) mass is 320 g/mol. The third kappa shape index (κ3) is 4.86. The number of thiocarbonyl (C=S) groups is 1. The highest BCUT2D eigenvalue weighted by atomic mass is 32.1. The Morgan fingerprint density at radius 1 is 1.33 bits per heavy atom. The van der Waals surface area contributed by atoms with Crippen LogP contribution in [-0.2, 0) is 6.18 Å². The van der Waals surface area contributed by atoms with Crippen molar-refractivity contribution < 1.29 is 18.3 Å². The van der Waals surface area contributed by atoms with Gasteiger partial charge in [-0.15, -0.1) is 0 Å². The van der Waals surface area contributed by atoms with Crippen LogP contribution < -0.4 is 10.6 Å². The van der Waals surface area contributed by atoms with E-state index in [0.717, 1.165) is 12.1 Å². The molecule has 0 unspecified atom stereocenters. The van der Waals surface area contributed by atoms with E-state index in [1.807, 2.05) is 6.92 Å². The van der Waals surface area contributed by atoms with Gasteiger partial charge in [0, 0.05) is 24.3 Å². The smallest absolute Gasteiger partial charge is 0.389 e. The SMILES string of the molecule is CCN(CC(C)(C)O)c1ccc(C(F)(F)F)cc1C(N)=S. The first-order chi connectivity index (χ1) is 9.45. The van der Waals surface area contributed by atoms with Gasteiger partial charge in [0.2, 0.25) is 0 Å². The standard InChI is InChI=1S/C14H19F3N2OS/c1-4-19(8-13(2,3)20)11-6-5-9(14(15,16)17)7-10(11)12(18)21/h5-7,20H,4,8H2,1-3H3,(H2,18,21). The number of aliphatic hydroxyl groups is 1. The molecule has 0 amide bonds. The number of halogens is 3. The Hall–Kier alpha value is -1.34. The van der Waals surface area contributed by atoms with E-state index >= 15 is 0 Å². The van der Waals surface area contributed by atoms with Gasteiger partial charge < -0.3 is 15.7 Å². The summed E-state index contributed by atoms with van der Waals surface area (Å²) in [7, 11) is 0. The maximum atomic E-state index is 12.8. The molecule has 0 spiro atoms. The van der Waals surface area contributed by atoms with E-state index in [9.17, 15) is 18.3 Å². The zero-order chi connectivity index (χ0) is 16.4. The third-order valence-corrected chi connectivity index (χ3v) is 3.11. The highest BCUT2D eigenvalue weighted by molar-refractivity contribution is 7.80. The molecule has 0 saturated heterocycles. The van der Waals surface area contributed by atoms with Gasteiger partial charge in [-0.25, -0.2) is 0 Å². The molecular formula is C14H19F3N2OS. The largest absolute Gasteiger partial charge is 0.416 e. The van der Waals surface area contributed by atoms with Gasteiger partial charge in [-0.05, 0) is 39.0 Å². The zero-order valence-electron chi connectivity index (χ0n) is 12.2. The molecule has 3 N–H and O–H groups in total. The van der Waals surface area contributed by atoms with Crippen molar-refractivity contribution in [2.75, 3.05) is 18.0 Å². The molecule has 0 fully saturated rings. The number of nitrogens with two attached hydrogens (primary N) is 1. The van der Waals surface area contributed by atoms with Crippen molar-refractivity contribution in [1.82, 2.24) is 0 Å². The fraction of sp³-hybridized carbons (Fsp3) is 0.500. The van der Waals surface area contributed by atoms with Crippen LogP contribution in [0.1, 0.15) is 31.9 Å². The zero-order valence-corrected chi connectivity index (χ0v) is 13.0. The average Bonchev–Trinajstić information content (AvgIpc) is 2.33. The van der Waals surface area contributed by atoms with Crippen LogP contribution in [0.15, 0.2) is 18.2 Å². The molecule has 21 heavy (non-hydrogen) atoms. The van der Waals surface area contributed by atoms with Gasteiger partial charge in [0.25, 0.3) is 0 Å². The van der Waals surface area contributed by atoms with Gasteiger partial charge in [-0.1, -0.05) is 12.2 Å². The first-order valence-electron chi connectivity index (χ1n) is 6.44. The van der Waals surface area contributed by atoms with Gasteiger partial charge in [0.15, 0.2) is 0 Å². The molecule has 0 atom stereocenters. The number of hydrogen-bond donors (Lipinski definition) is 2. The molecule has 0 aliphatic rings. The fourth-order valence-electron chi connectivity index (χ4n) is 2.02. The van der Waals surface area contributed by atoms with Crippen molar-refractivity contribution in [2.24, 2.45) is 5.73 Å². The maximum absolute atomic E-state index is 12.8. The second-order valence-electron chi connectivity index (χ2n) is 5.42. The van der Waals surface area contributed by atoms with Gasteiger partial charge in [-0.3, -0.25) is 0 Å². The van der Waals surface area contributed by atoms with Crippen LogP contribution in [0.25, 0.3) is 0 Å². The molecular weight excluding hydrogens is 301 g/mol. The number of anilines is 1. The Labute approximate surface area is 127 Å². The molecule has 0 aromatic heterocycles. The molecule has 0 saturated carbocycles. The predicted molar refractivity (Wildman–Crippen MR) is 81.5 cm³/mol. The van der Waals surface area contributed by atoms with Crippen LogP contribution >= 0.6 is 12.2 Å². The van der Waals surface area contributed by atoms with E-state index in [2.05, 4.69) is 0 Å². The van der Waals surface area contributed by atoms with Crippen LogP contribution in [0.3, 0.4) is 0 Å². The van der Waals surface area contributed by atoms with E-state index in [1.54, 1.807) is 18.7 Å². The minimum atomic E-state index is -4.45. The summed E-state index contributed by atoms with van der Waals surface area (Å²) in [5, 5.41) is 9.91. The Morgan fingerprint density at radius 3 is 2.29 bits per heavy atom. The topological polar surface area (TPSA) is 49.5 Å². The molecule has 0 heterocycles. The number of hydrogen-bond acceptors (Lipinski definition) is 3. The lowest BCUT2D eigenvalue weighted by Gasteiger charge is -2.31. The van der Waals surface area contributed by atoms with E-state index < -0.39 is 17.3 Å². The Bertz CT molecular complexity index is 524. The van der Waals surface area contributed by atoms with Gasteiger partial charge in [-0.2, -0.15) is 13.2 Å². The van der Waals surface area contributed by atoms with Gasteiger partial charge in [0.1, 0.15) is 4.99 Å². The third-order valence-electron chi connectivity index (χ3n) is 2.89. The summed E-state index contributed by atoms with van der Waals surface area (Å²) in [6, 6.07) is 3.28. The van der Waals surface area contributed by atoms with Crippen molar-refractivity contribution in [3.05, 3.63) is 29.3 Å². The number of alkyl halides is 3. The second kappa shape index (κ2) is 6.19. The van der Waals surface area contributed by atoms with E-state index in [1.165, 1.54) is 6.07 Å². The molecule has 7 heteroatoms. The van der Waals surface area contributed by atoms with Crippen molar-refractivity contribution >= 4 is 22.9 Å². The van der Waals surface area contributed by atoms with Gasteiger partial charge >= 0.3 is 6.18 Å². The Balaban J connectivity index is 3.31. The summed E-state index contributed by atoms with van der Waals surface area (Å²) >= 11 is 4.86. The molecule has 0 aliphatic heterocycles. The fourth-order valence-corrected chi connectivity index (χ4v) is 2.18. The lowest BCUT2D eigenvalue weighted by molar-refractivity contribution is -0.137. The predicted octanol–water partition coefficient (Wildman–Crippen LogP) is 2.94. The molecule has 3 nitrogen and oxygen atoms in total. The first-order valence-corrected chi connectivity index (χ1v) is 6.85. The Kier molecular flexibility index (Phi) is 5.22. The molecule has 1 aromatic carbocycles. The number of benzene rings is 1. The molecule has 0 aliphatic carbocycles. The molecule has 118 valence electrons. The summed E-state index contributed by atoms with van der Waals surface area (Å²) in [6.45, 7) is 5.85. The summed E-state index contributed by atoms with van der Waals surface area (Å²) in [6.07, 6.45) is -4.45. The number of nitrogens with zero attached hydrogens (tertiary/aromatic N) is 1. The normalized spacial score (nSPS) is 12.3. The Morgan fingerprint density at radius 2 is 1.90 bits per heavy atom. The van der Waals surface area contributed by atoms with E-state index in [-0.39, 0.29) is 17.1 Å². The minimum absolute atomic E-state index is 0.106. The molecule has 1 rings (SSSR count). The van der Waals surface area contributed by atoms with Crippen molar-refractivity contribution in [2.45, 2.75) is 32.5 Å². The van der Waals surface area contributed by atoms with Crippen molar-refractivity contribution in [3.63, 3.8) is 0 Å². The molecule has 1 aromatic rings. The lowest BCUT2D eigenvalue weighted by atomic mass is 10.0. The summed E-state index contributed by atoms with van der Waals surface area (Å²) < 4.78 is 38.3. The number of rotatable bonds is 5. The van der Waals surface area contributed by atoms with Crippen LogP contribution in [0.4, 0.5) is 18.9 Å². The summed E-state index contributed by atoms with van der Waals surface area (Å²) in [4.78, 5) is 1.64. The quantitative estimate of drug-likeness (QED) is 0.819. The van der Waals surface area contributed by atoms with E-state index in [0.29, 0.717) is 12.2 Å². The van der Waals surface area contributed by atoms with Crippen molar-refractivity contribution in [3.8, 4) is 0 Å². The summed E-state index contributed by atoms with van der Waals surface area (Å²) in [5.74, 6) is 0. The van der Waals surface area contributed by atoms with E-state index in [4.69, 9.17) is 18.0 Å². The lowest BCUT2D eigenvalue weighted by Crippen LogP contribution is -2.39. The van der Waals surface area contributed by atoms with Crippen LogP contribution in [-0.4, -0.2) is 28.8 Å². The maximum Gasteiger partial charge on any atom is 0.416 e. The average molecular weight is 320 g/mol. The first kappa shape index (κ1) is 17.7. The van der Waals surface area contributed by atoms with Crippen LogP contribution in [0.2, 0.25) is 0 Å². The number of likely N-dealkylation sites (N-methyl/N-ethyl adjacent to an activating group) is 1. The molecule has 0 radical (unpaired) electrons. The van der Waals surface area contributed by atoms with Crippen LogP contribution in [0.5, 0.6) is 0 Å². The second-order valence-corrected chi connectivity index (χ2v) is 5.86. The summed E-state index contributed by atoms with van der Waals surface area (Å²) in [5.41, 5.74) is 4.41. The minimum Gasteiger partial charge on any atom is -0.389 e. The molecule has 0 bridgehead atoms. The highest BCUT2D eigenvalue weighted by Crippen LogP contribution is 2.33. The van der Waals surface area contributed by atoms with Gasteiger partial charge in [0.05, 0.1) is 11.2 Å². The van der Waals surface area contributed by atoms with Crippen molar-refractivity contribution in [1.29, 1.82) is 0 Å². The van der Waals surface area contributed by atoms with Crippen LogP contribution in [0, 0.1) is 0 Å².